The molecule has 1 aromatic carbocycles. The van der Waals surface area contributed by atoms with Crippen LogP contribution >= 0.6 is 11.6 Å². The first-order valence-corrected chi connectivity index (χ1v) is 6.37. The smallest absolute Gasteiger partial charge is 0.335 e. The zero-order valence-electron chi connectivity index (χ0n) is 10.9. The second-order valence-electron chi connectivity index (χ2n) is 4.29. The van der Waals surface area contributed by atoms with Crippen LogP contribution in [0.2, 0.25) is 5.15 Å². The van der Waals surface area contributed by atoms with Crippen LogP contribution in [0.25, 0.3) is 11.3 Å². The Balaban J connectivity index is 2.67. The number of halogens is 2. The molecule has 2 aromatic rings. The van der Waals surface area contributed by atoms with Gasteiger partial charge in [0.05, 0.1) is 11.3 Å². The van der Waals surface area contributed by atoms with E-state index < -0.39 is 11.8 Å². The maximum atomic E-state index is 13.5. The Hall–Kier alpha value is -2.01. The van der Waals surface area contributed by atoms with Gasteiger partial charge in [-0.15, -0.1) is 0 Å². The molecular formula is C14H12ClFN2O2. The SMILES string of the molecule is CCc1nc(Cl)c(C)c(-c2cc(F)cc(C(=O)O)c2)n1. The molecule has 0 aliphatic carbocycles. The minimum absolute atomic E-state index is 0.132. The molecule has 1 heterocycles. The van der Waals surface area contributed by atoms with Gasteiger partial charge < -0.3 is 5.11 Å². The first kappa shape index (κ1) is 14.4. The molecule has 0 radical (unpaired) electrons. The average molecular weight is 295 g/mol. The van der Waals surface area contributed by atoms with Gasteiger partial charge in [-0.3, -0.25) is 0 Å². The summed E-state index contributed by atoms with van der Waals surface area (Å²) in [6, 6.07) is 3.57. The monoisotopic (exact) mass is 294 g/mol. The van der Waals surface area contributed by atoms with Gasteiger partial charge in [-0.2, -0.15) is 0 Å². The van der Waals surface area contributed by atoms with Crippen molar-refractivity contribution in [1.29, 1.82) is 0 Å². The fraction of sp³-hybridized carbons (Fsp3) is 0.214. The highest BCUT2D eigenvalue weighted by Crippen LogP contribution is 2.27. The first-order chi connectivity index (χ1) is 9.42. The Labute approximate surface area is 120 Å². The number of carboxylic acids is 1. The van der Waals surface area contributed by atoms with Crippen molar-refractivity contribution in [2.24, 2.45) is 0 Å². The van der Waals surface area contributed by atoms with E-state index in [9.17, 15) is 9.18 Å². The summed E-state index contributed by atoms with van der Waals surface area (Å²) in [4.78, 5) is 19.4. The predicted octanol–water partition coefficient (Wildman–Crippen LogP) is 3.51. The van der Waals surface area contributed by atoms with E-state index in [-0.39, 0.29) is 10.7 Å². The van der Waals surface area contributed by atoms with E-state index in [1.54, 1.807) is 6.92 Å². The van der Waals surface area contributed by atoms with E-state index in [1.807, 2.05) is 6.92 Å². The van der Waals surface area contributed by atoms with Crippen molar-refractivity contribution in [1.82, 2.24) is 9.97 Å². The zero-order valence-corrected chi connectivity index (χ0v) is 11.7. The molecule has 0 saturated heterocycles. The summed E-state index contributed by atoms with van der Waals surface area (Å²) in [5.41, 5.74) is 1.28. The first-order valence-electron chi connectivity index (χ1n) is 5.99. The van der Waals surface area contributed by atoms with Crippen LogP contribution in [0.5, 0.6) is 0 Å². The van der Waals surface area contributed by atoms with E-state index >= 15 is 0 Å². The van der Waals surface area contributed by atoms with Gasteiger partial charge in [-0.25, -0.2) is 19.2 Å². The zero-order chi connectivity index (χ0) is 14.9. The number of aromatic nitrogens is 2. The average Bonchev–Trinajstić information content (AvgIpc) is 2.40. The molecular weight excluding hydrogens is 283 g/mol. The van der Waals surface area contributed by atoms with Crippen molar-refractivity contribution in [2.75, 3.05) is 0 Å². The van der Waals surface area contributed by atoms with Gasteiger partial charge in [-0.05, 0) is 25.1 Å². The quantitative estimate of drug-likeness (QED) is 0.880. The largest absolute Gasteiger partial charge is 0.478 e. The Morgan fingerprint density at radius 1 is 1.35 bits per heavy atom. The van der Waals surface area contributed by atoms with E-state index in [0.717, 1.165) is 6.07 Å². The lowest BCUT2D eigenvalue weighted by Crippen LogP contribution is -2.02. The van der Waals surface area contributed by atoms with Gasteiger partial charge in [0, 0.05) is 17.5 Å². The Morgan fingerprint density at radius 2 is 2.05 bits per heavy atom. The predicted molar refractivity (Wildman–Crippen MR) is 73.5 cm³/mol. The van der Waals surface area contributed by atoms with Crippen LogP contribution in [0.15, 0.2) is 18.2 Å². The molecule has 6 heteroatoms. The lowest BCUT2D eigenvalue weighted by atomic mass is 10.0. The highest BCUT2D eigenvalue weighted by atomic mass is 35.5. The fourth-order valence-corrected chi connectivity index (χ4v) is 2.01. The van der Waals surface area contributed by atoms with Gasteiger partial charge >= 0.3 is 5.97 Å². The third kappa shape index (κ3) is 2.77. The Bertz CT molecular complexity index is 689. The molecule has 2 rings (SSSR count). The highest BCUT2D eigenvalue weighted by molar-refractivity contribution is 6.30. The highest BCUT2D eigenvalue weighted by Gasteiger charge is 2.14. The van der Waals surface area contributed by atoms with E-state index in [4.69, 9.17) is 16.7 Å². The Morgan fingerprint density at radius 3 is 2.65 bits per heavy atom. The van der Waals surface area contributed by atoms with Crippen LogP contribution in [0.3, 0.4) is 0 Å². The van der Waals surface area contributed by atoms with Gasteiger partial charge in [0.15, 0.2) is 0 Å². The number of rotatable bonds is 3. The number of benzene rings is 1. The number of hydrogen-bond acceptors (Lipinski definition) is 3. The maximum Gasteiger partial charge on any atom is 0.335 e. The number of aromatic carboxylic acids is 1. The lowest BCUT2D eigenvalue weighted by Gasteiger charge is -2.09. The molecule has 0 bridgehead atoms. The van der Waals surface area contributed by atoms with E-state index in [0.29, 0.717) is 29.1 Å². The van der Waals surface area contributed by atoms with Gasteiger partial charge in [0.2, 0.25) is 0 Å². The minimum atomic E-state index is -1.20. The molecule has 1 aromatic heterocycles. The molecule has 0 aliphatic heterocycles. The number of aryl methyl sites for hydroxylation is 1. The lowest BCUT2D eigenvalue weighted by molar-refractivity contribution is 0.0696. The second-order valence-corrected chi connectivity index (χ2v) is 4.65. The number of carboxylic acid groups (broad SMARTS) is 1. The summed E-state index contributed by atoms with van der Waals surface area (Å²) >= 11 is 6.03. The second kappa shape index (κ2) is 5.54. The topological polar surface area (TPSA) is 63.1 Å². The summed E-state index contributed by atoms with van der Waals surface area (Å²) < 4.78 is 13.5. The summed E-state index contributed by atoms with van der Waals surface area (Å²) in [5.74, 6) is -1.30. The van der Waals surface area contributed by atoms with Gasteiger partial charge in [0.25, 0.3) is 0 Å². The van der Waals surface area contributed by atoms with Crippen molar-refractivity contribution in [3.05, 3.63) is 46.1 Å². The van der Waals surface area contributed by atoms with Crippen LogP contribution in [-0.4, -0.2) is 21.0 Å². The Kier molecular flexibility index (Phi) is 3.99. The third-order valence-electron chi connectivity index (χ3n) is 2.87. The third-order valence-corrected chi connectivity index (χ3v) is 3.24. The van der Waals surface area contributed by atoms with E-state index in [2.05, 4.69) is 9.97 Å². The fourth-order valence-electron chi connectivity index (χ4n) is 1.82. The molecule has 0 aliphatic rings. The van der Waals surface area contributed by atoms with E-state index in [1.165, 1.54) is 12.1 Å². The molecule has 0 atom stereocenters. The molecule has 0 spiro atoms. The molecule has 4 nitrogen and oxygen atoms in total. The number of hydrogen-bond donors (Lipinski definition) is 1. The van der Waals surface area contributed by atoms with Crippen LogP contribution in [0.4, 0.5) is 4.39 Å². The standard InChI is InChI=1S/C14H12ClFN2O2/c1-3-11-17-12(7(2)13(15)18-11)8-4-9(14(19)20)6-10(16)5-8/h4-6H,3H2,1-2H3,(H,19,20). The molecule has 0 amide bonds. The normalized spacial score (nSPS) is 10.6. The summed E-state index contributed by atoms with van der Waals surface area (Å²) in [6.45, 7) is 3.58. The molecule has 0 unspecified atom stereocenters. The number of carbonyl (C=O) groups is 1. The summed E-state index contributed by atoms with van der Waals surface area (Å²) in [5, 5.41) is 9.26. The maximum absolute atomic E-state index is 13.5. The minimum Gasteiger partial charge on any atom is -0.478 e. The molecule has 104 valence electrons. The van der Waals surface area contributed by atoms with Crippen molar-refractivity contribution in [3.63, 3.8) is 0 Å². The van der Waals surface area contributed by atoms with Crippen LogP contribution in [0, 0.1) is 12.7 Å². The molecule has 0 fully saturated rings. The summed E-state index contributed by atoms with van der Waals surface area (Å²) in [6.07, 6.45) is 0.577. The van der Waals surface area contributed by atoms with Gasteiger partial charge in [-0.1, -0.05) is 18.5 Å². The van der Waals surface area contributed by atoms with Crippen molar-refractivity contribution in [2.45, 2.75) is 20.3 Å². The number of nitrogens with zero attached hydrogens (tertiary/aromatic N) is 2. The van der Waals surface area contributed by atoms with Crippen LogP contribution < -0.4 is 0 Å². The molecule has 1 N–H and O–H groups in total. The molecule has 20 heavy (non-hydrogen) atoms. The van der Waals surface area contributed by atoms with Crippen molar-refractivity contribution >= 4 is 17.6 Å². The van der Waals surface area contributed by atoms with Crippen molar-refractivity contribution < 1.29 is 14.3 Å². The van der Waals surface area contributed by atoms with Crippen LogP contribution in [0.1, 0.15) is 28.7 Å². The summed E-state index contributed by atoms with van der Waals surface area (Å²) in [7, 11) is 0. The molecule has 0 saturated carbocycles. The van der Waals surface area contributed by atoms with Gasteiger partial charge in [0.1, 0.15) is 16.8 Å². The van der Waals surface area contributed by atoms with Crippen molar-refractivity contribution in [3.8, 4) is 11.3 Å². The van der Waals surface area contributed by atoms with Crippen LogP contribution in [-0.2, 0) is 6.42 Å².